The third-order valence-electron chi connectivity index (χ3n) is 7.52. The molecule has 0 bridgehead atoms. The predicted octanol–water partition coefficient (Wildman–Crippen LogP) is 2.85. The lowest BCUT2D eigenvalue weighted by Gasteiger charge is -2.24. The summed E-state index contributed by atoms with van der Waals surface area (Å²) in [6, 6.07) is 6.26. The Bertz CT molecular complexity index is 1430. The first-order chi connectivity index (χ1) is 15.8. The van der Waals surface area contributed by atoms with Gasteiger partial charge in [-0.3, -0.25) is 0 Å². The molecule has 1 aromatic carbocycles. The average Bonchev–Trinajstić information content (AvgIpc) is 3.27. The summed E-state index contributed by atoms with van der Waals surface area (Å²) in [7, 11) is 0. The summed E-state index contributed by atoms with van der Waals surface area (Å²) < 4.78 is 16.6. The van der Waals surface area contributed by atoms with Crippen LogP contribution in [0.1, 0.15) is 24.4 Å². The second kappa shape index (κ2) is 6.99. The van der Waals surface area contributed by atoms with Crippen molar-refractivity contribution in [2.45, 2.75) is 37.5 Å². The molecule has 170 valence electrons. The molecule has 0 radical (unpaired) electrons. The molecule has 0 aliphatic heterocycles. The minimum Gasteiger partial charge on any atom is -0.390 e. The van der Waals surface area contributed by atoms with Crippen LogP contribution in [0.4, 0.5) is 16.0 Å². The van der Waals surface area contributed by atoms with E-state index in [0.29, 0.717) is 35.2 Å². The Hall–Kier alpha value is -3.01. The topological polar surface area (TPSA) is 136 Å². The molecule has 4 aromatic rings. The van der Waals surface area contributed by atoms with Crippen molar-refractivity contribution < 1.29 is 14.6 Å². The molecule has 6 N–H and O–H groups in total. The SMILES string of the molecule is Nc1nc2cc(CC[C@@]34C[C@@H]3[C@@H](n3ccc5c(N)ncnc53)[C@H](O)[C@@H]4O)cc(F)c2cc1Cl. The summed E-state index contributed by atoms with van der Waals surface area (Å²) >= 11 is 5.98. The van der Waals surface area contributed by atoms with Crippen LogP contribution in [-0.4, -0.2) is 41.9 Å². The number of aliphatic hydroxyl groups excluding tert-OH is 2. The van der Waals surface area contributed by atoms with E-state index in [9.17, 15) is 14.6 Å². The lowest BCUT2D eigenvalue weighted by Crippen LogP contribution is -2.34. The van der Waals surface area contributed by atoms with Crippen molar-refractivity contribution in [2.75, 3.05) is 11.5 Å². The quantitative estimate of drug-likeness (QED) is 0.361. The number of aryl methyl sites for hydroxylation is 1. The number of nitrogens with two attached hydrogens (primary N) is 2. The molecule has 0 saturated heterocycles. The second-order valence-electron chi connectivity index (χ2n) is 9.19. The predicted molar refractivity (Wildman–Crippen MR) is 123 cm³/mol. The van der Waals surface area contributed by atoms with Gasteiger partial charge in [0.05, 0.1) is 28.1 Å². The fraction of sp³-hybridized carbons (Fsp3) is 0.348. The minimum atomic E-state index is -0.938. The largest absolute Gasteiger partial charge is 0.390 e. The van der Waals surface area contributed by atoms with Gasteiger partial charge in [-0.1, -0.05) is 11.6 Å². The van der Waals surface area contributed by atoms with Crippen molar-refractivity contribution in [3.8, 4) is 0 Å². The highest BCUT2D eigenvalue weighted by molar-refractivity contribution is 6.33. The van der Waals surface area contributed by atoms with Gasteiger partial charge in [0.25, 0.3) is 0 Å². The van der Waals surface area contributed by atoms with Gasteiger partial charge in [-0.2, -0.15) is 0 Å². The number of rotatable bonds is 4. The van der Waals surface area contributed by atoms with Gasteiger partial charge in [0, 0.05) is 17.0 Å². The van der Waals surface area contributed by atoms with Gasteiger partial charge < -0.3 is 26.2 Å². The highest BCUT2D eigenvalue weighted by Gasteiger charge is 2.70. The van der Waals surface area contributed by atoms with Crippen LogP contribution in [0.3, 0.4) is 0 Å². The summed E-state index contributed by atoms with van der Waals surface area (Å²) in [5, 5.41) is 23.2. The second-order valence-corrected chi connectivity index (χ2v) is 9.60. The van der Waals surface area contributed by atoms with Crippen molar-refractivity contribution in [3.63, 3.8) is 0 Å². The van der Waals surface area contributed by atoms with E-state index in [1.54, 1.807) is 6.07 Å². The number of pyridine rings is 1. The molecule has 2 saturated carbocycles. The first kappa shape index (κ1) is 20.6. The molecule has 0 spiro atoms. The molecule has 2 aliphatic rings. The number of anilines is 2. The van der Waals surface area contributed by atoms with Gasteiger partial charge in [-0.05, 0) is 55.0 Å². The fourth-order valence-electron chi connectivity index (χ4n) is 5.74. The lowest BCUT2D eigenvalue weighted by molar-refractivity contribution is -0.0191. The Morgan fingerprint density at radius 3 is 2.79 bits per heavy atom. The molecule has 5 atom stereocenters. The van der Waals surface area contributed by atoms with Crippen molar-refractivity contribution in [2.24, 2.45) is 11.3 Å². The molecule has 3 heterocycles. The highest BCUT2D eigenvalue weighted by atomic mass is 35.5. The monoisotopic (exact) mass is 468 g/mol. The number of aliphatic hydroxyl groups is 2. The summed E-state index contributed by atoms with van der Waals surface area (Å²) in [5.74, 6) is 0.194. The Morgan fingerprint density at radius 1 is 1.15 bits per heavy atom. The van der Waals surface area contributed by atoms with Crippen LogP contribution < -0.4 is 11.5 Å². The van der Waals surface area contributed by atoms with Gasteiger partial charge in [0.1, 0.15) is 35.5 Å². The normalized spacial score (nSPS) is 28.5. The zero-order chi connectivity index (χ0) is 23.1. The first-order valence-electron chi connectivity index (χ1n) is 10.8. The molecular formula is C23H22ClFN6O2. The number of nitrogens with zero attached hydrogens (tertiary/aromatic N) is 4. The molecule has 8 nitrogen and oxygen atoms in total. The van der Waals surface area contributed by atoms with E-state index >= 15 is 0 Å². The van der Waals surface area contributed by atoms with Crippen molar-refractivity contribution in [1.29, 1.82) is 0 Å². The van der Waals surface area contributed by atoms with E-state index in [0.717, 1.165) is 17.4 Å². The van der Waals surface area contributed by atoms with Crippen LogP contribution in [0.25, 0.3) is 21.9 Å². The smallest absolute Gasteiger partial charge is 0.145 e. The summed E-state index contributed by atoms with van der Waals surface area (Å²) in [5.41, 5.74) is 13.1. The zero-order valence-corrected chi connectivity index (χ0v) is 18.2. The number of nitrogen functional groups attached to an aromatic ring is 2. The molecule has 6 rings (SSSR count). The van der Waals surface area contributed by atoms with Crippen LogP contribution in [0.2, 0.25) is 5.02 Å². The molecule has 33 heavy (non-hydrogen) atoms. The van der Waals surface area contributed by atoms with Crippen LogP contribution in [-0.2, 0) is 6.42 Å². The average molecular weight is 469 g/mol. The highest BCUT2D eigenvalue weighted by Crippen LogP contribution is 2.69. The van der Waals surface area contributed by atoms with E-state index in [-0.39, 0.29) is 22.8 Å². The van der Waals surface area contributed by atoms with E-state index in [2.05, 4.69) is 15.0 Å². The molecule has 2 fully saturated rings. The van der Waals surface area contributed by atoms with Crippen LogP contribution in [0.5, 0.6) is 0 Å². The number of hydrogen-bond donors (Lipinski definition) is 4. The Labute approximate surface area is 193 Å². The first-order valence-corrected chi connectivity index (χ1v) is 11.2. The fourth-order valence-corrected chi connectivity index (χ4v) is 5.89. The van der Waals surface area contributed by atoms with E-state index in [1.165, 1.54) is 18.5 Å². The number of hydrogen-bond acceptors (Lipinski definition) is 7. The van der Waals surface area contributed by atoms with Crippen molar-refractivity contribution in [1.82, 2.24) is 19.5 Å². The van der Waals surface area contributed by atoms with Crippen molar-refractivity contribution >= 4 is 45.2 Å². The maximum absolute atomic E-state index is 14.7. The molecule has 0 unspecified atom stereocenters. The molecule has 10 heteroatoms. The summed E-state index contributed by atoms with van der Waals surface area (Å²) in [6.07, 6.45) is 3.32. The zero-order valence-electron chi connectivity index (χ0n) is 17.5. The summed E-state index contributed by atoms with van der Waals surface area (Å²) in [4.78, 5) is 12.6. The van der Waals surface area contributed by atoms with Gasteiger partial charge in [-0.15, -0.1) is 0 Å². The van der Waals surface area contributed by atoms with Crippen LogP contribution in [0.15, 0.2) is 36.8 Å². The Morgan fingerprint density at radius 2 is 1.97 bits per heavy atom. The number of benzene rings is 1. The lowest BCUT2D eigenvalue weighted by atomic mass is 9.91. The minimum absolute atomic E-state index is 0.0761. The van der Waals surface area contributed by atoms with Gasteiger partial charge in [0.15, 0.2) is 0 Å². The van der Waals surface area contributed by atoms with Gasteiger partial charge in [-0.25, -0.2) is 19.3 Å². The summed E-state index contributed by atoms with van der Waals surface area (Å²) in [6.45, 7) is 0. The van der Waals surface area contributed by atoms with Gasteiger partial charge in [0.2, 0.25) is 0 Å². The van der Waals surface area contributed by atoms with Crippen molar-refractivity contribution in [3.05, 3.63) is 53.2 Å². The third-order valence-corrected chi connectivity index (χ3v) is 7.82. The third kappa shape index (κ3) is 2.92. The molecule has 2 aliphatic carbocycles. The Balaban J connectivity index is 1.28. The van der Waals surface area contributed by atoms with E-state index < -0.39 is 23.4 Å². The Kier molecular flexibility index (Phi) is 4.36. The molecular weight excluding hydrogens is 447 g/mol. The maximum Gasteiger partial charge on any atom is 0.145 e. The molecule has 0 amide bonds. The van der Waals surface area contributed by atoms with Gasteiger partial charge >= 0.3 is 0 Å². The van der Waals surface area contributed by atoms with E-state index in [4.69, 9.17) is 23.1 Å². The van der Waals surface area contributed by atoms with Crippen LogP contribution in [0, 0.1) is 17.2 Å². The standard InChI is InChI=1S/C23H22ClFN6O2/c24-14-7-12-15(25)5-10(6-16(12)30-21(14)27)1-3-23-8-13(23)17(18(32)19(23)33)31-4-2-11-20(26)28-9-29-22(11)31/h2,4-7,9,13,17-19,32-33H,1,3,8H2,(H2,27,30)(H2,26,28,29)/t13-,17-,18+,19+,23-/m1/s1. The van der Waals surface area contributed by atoms with Crippen LogP contribution >= 0.6 is 11.6 Å². The number of fused-ring (bicyclic) bond motifs is 3. The number of halogens is 2. The molecule has 3 aromatic heterocycles. The van der Waals surface area contributed by atoms with E-state index in [1.807, 2.05) is 16.8 Å². The number of aromatic nitrogens is 4. The maximum atomic E-state index is 14.7.